The summed E-state index contributed by atoms with van der Waals surface area (Å²) in [5.74, 6) is -1.09. The SMILES string of the molecule is O=C(Cn1nc(-c2ccc(Br)o2)oc1=O)N1CCC2(CC1)OCCO2. The monoisotopic (exact) mass is 413 g/mol. The Labute approximate surface area is 150 Å². The summed E-state index contributed by atoms with van der Waals surface area (Å²) in [5.41, 5.74) is 0. The molecule has 0 bridgehead atoms. The number of furan rings is 1. The first kappa shape index (κ1) is 16.6. The van der Waals surface area contributed by atoms with Crippen molar-refractivity contribution in [3.8, 4) is 11.7 Å². The maximum absolute atomic E-state index is 12.4. The number of likely N-dealkylation sites (tertiary alicyclic amines) is 1. The highest BCUT2D eigenvalue weighted by Gasteiger charge is 2.40. The second-order valence-electron chi connectivity index (χ2n) is 5.92. The fourth-order valence-corrected chi connectivity index (χ4v) is 3.35. The lowest BCUT2D eigenvalue weighted by Crippen LogP contribution is -2.48. The molecular weight excluding hydrogens is 398 g/mol. The molecule has 2 saturated heterocycles. The third-order valence-corrected chi connectivity index (χ3v) is 4.79. The van der Waals surface area contributed by atoms with Crippen molar-refractivity contribution in [1.29, 1.82) is 0 Å². The number of piperidine rings is 1. The average molecular weight is 414 g/mol. The Hall–Kier alpha value is -1.91. The zero-order valence-electron chi connectivity index (χ0n) is 13.3. The van der Waals surface area contributed by atoms with E-state index in [4.69, 9.17) is 18.3 Å². The highest BCUT2D eigenvalue weighted by molar-refractivity contribution is 9.10. The highest BCUT2D eigenvalue weighted by Crippen LogP contribution is 2.31. The molecule has 2 aliphatic heterocycles. The number of halogens is 1. The first-order valence-corrected chi connectivity index (χ1v) is 8.73. The van der Waals surface area contributed by atoms with Crippen LogP contribution in [0.15, 0.2) is 30.4 Å². The third kappa shape index (κ3) is 3.29. The maximum atomic E-state index is 12.4. The normalized spacial score (nSPS) is 19.6. The summed E-state index contributed by atoms with van der Waals surface area (Å²) in [4.78, 5) is 26.0. The first-order chi connectivity index (χ1) is 12.0. The van der Waals surface area contributed by atoms with E-state index in [1.165, 1.54) is 0 Å². The van der Waals surface area contributed by atoms with E-state index >= 15 is 0 Å². The van der Waals surface area contributed by atoms with Crippen molar-refractivity contribution in [2.75, 3.05) is 26.3 Å². The largest absolute Gasteiger partial charge is 0.444 e. The van der Waals surface area contributed by atoms with Crippen LogP contribution in [0.2, 0.25) is 0 Å². The van der Waals surface area contributed by atoms with E-state index in [-0.39, 0.29) is 18.3 Å². The summed E-state index contributed by atoms with van der Waals surface area (Å²) in [7, 11) is 0. The van der Waals surface area contributed by atoms with E-state index in [0.29, 0.717) is 49.6 Å². The van der Waals surface area contributed by atoms with E-state index in [2.05, 4.69) is 21.0 Å². The molecule has 1 spiro atoms. The van der Waals surface area contributed by atoms with Gasteiger partial charge in [0.2, 0.25) is 5.91 Å². The van der Waals surface area contributed by atoms with Gasteiger partial charge in [0.25, 0.3) is 5.89 Å². The topological polar surface area (TPSA) is 99.9 Å². The van der Waals surface area contributed by atoms with Gasteiger partial charge in [-0.05, 0) is 28.1 Å². The Kier molecular flexibility index (Phi) is 4.26. The molecule has 9 nitrogen and oxygen atoms in total. The van der Waals surface area contributed by atoms with Crippen LogP contribution >= 0.6 is 15.9 Å². The lowest BCUT2D eigenvalue weighted by Gasteiger charge is -2.37. The van der Waals surface area contributed by atoms with Gasteiger partial charge in [-0.15, -0.1) is 5.10 Å². The van der Waals surface area contributed by atoms with E-state index < -0.39 is 11.5 Å². The molecule has 2 aromatic heterocycles. The Bertz CT molecular complexity index is 824. The van der Waals surface area contributed by atoms with Gasteiger partial charge >= 0.3 is 5.76 Å². The molecule has 2 aliphatic rings. The molecule has 1 amide bonds. The number of nitrogens with zero attached hydrogens (tertiary/aromatic N) is 3. The standard InChI is InChI=1S/C15H16BrN3O6/c16-11-2-1-10(24-11)13-17-19(14(21)25-13)9-12(20)18-5-3-15(4-6-18)22-7-8-23-15/h1-2H,3-9H2. The molecule has 4 heterocycles. The van der Waals surface area contributed by atoms with Crippen LogP contribution in [0, 0.1) is 0 Å². The van der Waals surface area contributed by atoms with Crippen molar-refractivity contribution in [2.45, 2.75) is 25.2 Å². The van der Waals surface area contributed by atoms with Crippen LogP contribution in [-0.4, -0.2) is 52.7 Å². The molecule has 4 rings (SSSR count). The first-order valence-electron chi connectivity index (χ1n) is 7.94. The molecule has 2 aromatic rings. The summed E-state index contributed by atoms with van der Waals surface area (Å²) in [6.07, 6.45) is 1.25. The van der Waals surface area contributed by atoms with Crippen LogP contribution in [0.5, 0.6) is 0 Å². The quantitative estimate of drug-likeness (QED) is 0.745. The summed E-state index contributed by atoms with van der Waals surface area (Å²) in [5, 5.41) is 4.03. The van der Waals surface area contributed by atoms with Crippen LogP contribution in [0.25, 0.3) is 11.7 Å². The summed E-state index contributed by atoms with van der Waals surface area (Å²) in [6.45, 7) is 2.04. The van der Waals surface area contributed by atoms with Crippen LogP contribution in [0.1, 0.15) is 12.8 Å². The molecule has 0 saturated carbocycles. The van der Waals surface area contributed by atoms with Crippen molar-refractivity contribution < 1.29 is 23.1 Å². The zero-order valence-corrected chi connectivity index (χ0v) is 14.9. The molecular formula is C15H16BrN3O6. The van der Waals surface area contributed by atoms with Gasteiger partial charge < -0.3 is 23.2 Å². The van der Waals surface area contributed by atoms with Gasteiger partial charge in [0.15, 0.2) is 16.2 Å². The minimum atomic E-state index is -0.702. The molecule has 0 aliphatic carbocycles. The highest BCUT2D eigenvalue weighted by atomic mass is 79.9. The molecule has 134 valence electrons. The third-order valence-electron chi connectivity index (χ3n) is 4.37. The van der Waals surface area contributed by atoms with Gasteiger partial charge in [-0.2, -0.15) is 4.68 Å². The number of hydrogen-bond acceptors (Lipinski definition) is 7. The van der Waals surface area contributed by atoms with E-state index in [1.807, 2.05) is 0 Å². The van der Waals surface area contributed by atoms with Crippen molar-refractivity contribution in [1.82, 2.24) is 14.7 Å². The molecule has 0 radical (unpaired) electrons. The minimum Gasteiger partial charge on any atom is -0.444 e. The number of amides is 1. The lowest BCUT2D eigenvalue weighted by molar-refractivity contribution is -0.187. The van der Waals surface area contributed by atoms with Gasteiger partial charge in [-0.25, -0.2) is 4.79 Å². The maximum Gasteiger partial charge on any atom is 0.437 e. The van der Waals surface area contributed by atoms with Gasteiger partial charge in [-0.1, -0.05) is 0 Å². The van der Waals surface area contributed by atoms with Crippen LogP contribution in [0.3, 0.4) is 0 Å². The van der Waals surface area contributed by atoms with Crippen LogP contribution in [-0.2, 0) is 20.8 Å². The van der Waals surface area contributed by atoms with Crippen molar-refractivity contribution >= 4 is 21.8 Å². The Morgan fingerprint density at radius 3 is 2.56 bits per heavy atom. The van der Waals surface area contributed by atoms with Crippen LogP contribution in [0.4, 0.5) is 0 Å². The molecule has 0 aromatic carbocycles. The smallest absolute Gasteiger partial charge is 0.437 e. The number of carbonyl (C=O) groups is 1. The number of hydrogen-bond donors (Lipinski definition) is 0. The molecule has 25 heavy (non-hydrogen) atoms. The molecule has 0 atom stereocenters. The molecule has 2 fully saturated rings. The Morgan fingerprint density at radius 2 is 1.92 bits per heavy atom. The Balaban J connectivity index is 1.41. The minimum absolute atomic E-state index is 0.0360. The van der Waals surface area contributed by atoms with Crippen molar-refractivity contribution in [3.05, 3.63) is 27.4 Å². The number of rotatable bonds is 3. The fourth-order valence-electron chi connectivity index (χ4n) is 3.05. The van der Waals surface area contributed by atoms with Gasteiger partial charge in [-0.3, -0.25) is 4.79 Å². The fraction of sp³-hybridized carbons (Fsp3) is 0.533. The average Bonchev–Trinajstić information content (AvgIpc) is 3.31. The van der Waals surface area contributed by atoms with E-state index in [0.717, 1.165) is 4.68 Å². The predicted octanol–water partition coefficient (Wildman–Crippen LogP) is 1.22. The lowest BCUT2D eigenvalue weighted by atomic mass is 10.0. The van der Waals surface area contributed by atoms with Gasteiger partial charge in [0.1, 0.15) is 6.54 Å². The zero-order chi connectivity index (χ0) is 17.4. The van der Waals surface area contributed by atoms with Crippen LogP contribution < -0.4 is 5.76 Å². The second-order valence-corrected chi connectivity index (χ2v) is 6.70. The molecule has 0 unspecified atom stereocenters. The summed E-state index contributed by atoms with van der Waals surface area (Å²) < 4.78 is 23.1. The van der Waals surface area contributed by atoms with Crippen molar-refractivity contribution in [2.24, 2.45) is 0 Å². The van der Waals surface area contributed by atoms with Crippen molar-refractivity contribution in [3.63, 3.8) is 0 Å². The number of aromatic nitrogens is 2. The molecule has 10 heteroatoms. The summed E-state index contributed by atoms with van der Waals surface area (Å²) in [6, 6.07) is 3.28. The predicted molar refractivity (Wildman–Crippen MR) is 86.6 cm³/mol. The number of ether oxygens (including phenoxy) is 2. The molecule has 0 N–H and O–H groups in total. The van der Waals surface area contributed by atoms with Gasteiger partial charge in [0, 0.05) is 25.9 Å². The number of carbonyl (C=O) groups excluding carboxylic acids is 1. The van der Waals surface area contributed by atoms with E-state index in [9.17, 15) is 9.59 Å². The van der Waals surface area contributed by atoms with E-state index in [1.54, 1.807) is 17.0 Å². The second kappa shape index (κ2) is 6.43. The summed E-state index contributed by atoms with van der Waals surface area (Å²) >= 11 is 3.17. The Morgan fingerprint density at radius 1 is 1.20 bits per heavy atom. The van der Waals surface area contributed by atoms with Gasteiger partial charge in [0.05, 0.1) is 13.2 Å².